The molecule has 150 valence electrons. The van der Waals surface area contributed by atoms with Crippen LogP contribution in [-0.4, -0.2) is 39.1 Å². The summed E-state index contributed by atoms with van der Waals surface area (Å²) in [5.41, 5.74) is 1.79. The van der Waals surface area contributed by atoms with Crippen LogP contribution in [-0.2, 0) is 4.79 Å². The summed E-state index contributed by atoms with van der Waals surface area (Å²) in [5.74, 6) is 1.19. The molecule has 28 heavy (non-hydrogen) atoms. The normalized spacial score (nSPS) is 12.2. The number of halogens is 1. The SMILES string of the molecule is CN=C(NCCC(C)c1ccc(OC)cc1)NCC(=O)Nc1ccc(F)cc1. The van der Waals surface area contributed by atoms with E-state index in [0.717, 1.165) is 12.2 Å². The third-order valence-corrected chi connectivity index (χ3v) is 4.32. The van der Waals surface area contributed by atoms with Crippen LogP contribution in [0.2, 0.25) is 0 Å². The van der Waals surface area contributed by atoms with Crippen LogP contribution in [0.3, 0.4) is 0 Å². The lowest BCUT2D eigenvalue weighted by molar-refractivity contribution is -0.115. The van der Waals surface area contributed by atoms with E-state index in [1.807, 2.05) is 12.1 Å². The Bertz CT molecular complexity index is 776. The molecule has 1 atom stereocenters. The smallest absolute Gasteiger partial charge is 0.243 e. The molecule has 0 saturated heterocycles. The molecule has 0 fully saturated rings. The van der Waals surface area contributed by atoms with Gasteiger partial charge in [-0.05, 0) is 54.3 Å². The van der Waals surface area contributed by atoms with Gasteiger partial charge in [0.05, 0.1) is 13.7 Å². The number of aliphatic imine (C=N–C) groups is 1. The van der Waals surface area contributed by atoms with Gasteiger partial charge in [0.2, 0.25) is 5.91 Å². The highest BCUT2D eigenvalue weighted by Crippen LogP contribution is 2.21. The Morgan fingerprint density at radius 3 is 2.39 bits per heavy atom. The van der Waals surface area contributed by atoms with Crippen molar-refractivity contribution in [2.75, 3.05) is 32.6 Å². The second kappa shape index (κ2) is 10.9. The second-order valence-corrected chi connectivity index (χ2v) is 6.37. The molecular weight excluding hydrogens is 359 g/mol. The Morgan fingerprint density at radius 2 is 1.79 bits per heavy atom. The molecule has 1 unspecified atom stereocenters. The summed E-state index contributed by atoms with van der Waals surface area (Å²) >= 11 is 0. The number of benzene rings is 2. The fourth-order valence-corrected chi connectivity index (χ4v) is 2.63. The second-order valence-electron chi connectivity index (χ2n) is 6.37. The molecule has 2 aromatic carbocycles. The number of amides is 1. The van der Waals surface area contributed by atoms with Crippen LogP contribution in [0.1, 0.15) is 24.8 Å². The van der Waals surface area contributed by atoms with E-state index in [2.05, 4.69) is 40.0 Å². The van der Waals surface area contributed by atoms with Gasteiger partial charge >= 0.3 is 0 Å². The largest absolute Gasteiger partial charge is 0.497 e. The quantitative estimate of drug-likeness (QED) is 0.481. The summed E-state index contributed by atoms with van der Waals surface area (Å²) in [5, 5.41) is 8.86. The molecule has 0 aliphatic rings. The third-order valence-electron chi connectivity index (χ3n) is 4.32. The summed E-state index contributed by atoms with van der Waals surface area (Å²) in [6.45, 7) is 2.94. The predicted octanol–water partition coefficient (Wildman–Crippen LogP) is 3.13. The third kappa shape index (κ3) is 6.90. The first-order valence-corrected chi connectivity index (χ1v) is 9.15. The van der Waals surface area contributed by atoms with Gasteiger partial charge in [0.15, 0.2) is 5.96 Å². The number of hydrogen-bond donors (Lipinski definition) is 3. The highest BCUT2D eigenvalue weighted by Gasteiger charge is 2.08. The van der Waals surface area contributed by atoms with E-state index in [0.29, 0.717) is 24.1 Å². The van der Waals surface area contributed by atoms with Crippen molar-refractivity contribution in [1.29, 1.82) is 0 Å². The maximum absolute atomic E-state index is 12.9. The van der Waals surface area contributed by atoms with Gasteiger partial charge < -0.3 is 20.7 Å². The van der Waals surface area contributed by atoms with Crippen LogP contribution in [0.4, 0.5) is 10.1 Å². The molecule has 3 N–H and O–H groups in total. The van der Waals surface area contributed by atoms with E-state index in [-0.39, 0.29) is 18.3 Å². The molecule has 0 spiro atoms. The highest BCUT2D eigenvalue weighted by atomic mass is 19.1. The molecule has 0 radical (unpaired) electrons. The Morgan fingerprint density at radius 1 is 1.11 bits per heavy atom. The molecule has 6 nitrogen and oxygen atoms in total. The van der Waals surface area contributed by atoms with Gasteiger partial charge in [0.25, 0.3) is 0 Å². The number of carbonyl (C=O) groups is 1. The average Bonchev–Trinajstić information content (AvgIpc) is 2.72. The van der Waals surface area contributed by atoms with Gasteiger partial charge in [0.1, 0.15) is 11.6 Å². The van der Waals surface area contributed by atoms with Gasteiger partial charge in [-0.2, -0.15) is 0 Å². The average molecular weight is 386 g/mol. The number of nitrogens with one attached hydrogen (secondary N) is 3. The van der Waals surface area contributed by atoms with Crippen molar-refractivity contribution in [3.05, 3.63) is 59.9 Å². The van der Waals surface area contributed by atoms with Crippen molar-refractivity contribution in [1.82, 2.24) is 10.6 Å². The number of anilines is 1. The number of guanidine groups is 1. The zero-order valence-electron chi connectivity index (χ0n) is 16.5. The molecule has 0 bridgehead atoms. The van der Waals surface area contributed by atoms with Crippen molar-refractivity contribution in [3.63, 3.8) is 0 Å². The Kier molecular flexibility index (Phi) is 8.27. The summed E-state index contributed by atoms with van der Waals surface area (Å²) in [4.78, 5) is 16.1. The summed E-state index contributed by atoms with van der Waals surface area (Å²) in [6.07, 6.45) is 0.912. The van der Waals surface area contributed by atoms with Crippen LogP contribution in [0.25, 0.3) is 0 Å². The topological polar surface area (TPSA) is 74.8 Å². The lowest BCUT2D eigenvalue weighted by Crippen LogP contribution is -2.41. The van der Waals surface area contributed by atoms with Crippen molar-refractivity contribution >= 4 is 17.6 Å². The first kappa shape index (κ1) is 21.2. The summed E-state index contributed by atoms with van der Waals surface area (Å²) in [6, 6.07) is 13.7. The zero-order chi connectivity index (χ0) is 20.4. The van der Waals surface area contributed by atoms with Crippen molar-refractivity contribution in [2.24, 2.45) is 4.99 Å². The number of rotatable bonds is 8. The van der Waals surface area contributed by atoms with Gasteiger partial charge in [-0.15, -0.1) is 0 Å². The van der Waals surface area contributed by atoms with Gasteiger partial charge in [-0.25, -0.2) is 4.39 Å². The zero-order valence-corrected chi connectivity index (χ0v) is 16.5. The van der Waals surface area contributed by atoms with E-state index in [9.17, 15) is 9.18 Å². The summed E-state index contributed by atoms with van der Waals surface area (Å²) in [7, 11) is 3.31. The van der Waals surface area contributed by atoms with Crippen LogP contribution >= 0.6 is 0 Å². The first-order chi connectivity index (χ1) is 13.5. The van der Waals surface area contributed by atoms with Gasteiger partial charge in [-0.3, -0.25) is 9.79 Å². The van der Waals surface area contributed by atoms with E-state index in [1.165, 1.54) is 29.8 Å². The highest BCUT2D eigenvalue weighted by molar-refractivity contribution is 5.94. The molecule has 7 heteroatoms. The first-order valence-electron chi connectivity index (χ1n) is 9.15. The molecule has 0 heterocycles. The van der Waals surface area contributed by atoms with Gasteiger partial charge in [-0.1, -0.05) is 19.1 Å². The van der Waals surface area contributed by atoms with E-state index in [1.54, 1.807) is 14.2 Å². The van der Waals surface area contributed by atoms with Crippen LogP contribution in [0.5, 0.6) is 5.75 Å². The molecule has 0 aliphatic carbocycles. The minimum absolute atomic E-state index is 0.0606. The Hall–Kier alpha value is -3.09. The van der Waals surface area contributed by atoms with E-state index >= 15 is 0 Å². The fraction of sp³-hybridized carbons (Fsp3) is 0.333. The van der Waals surface area contributed by atoms with Crippen LogP contribution in [0.15, 0.2) is 53.5 Å². The fourth-order valence-electron chi connectivity index (χ4n) is 2.63. The minimum atomic E-state index is -0.343. The van der Waals surface area contributed by atoms with Crippen molar-refractivity contribution in [3.8, 4) is 5.75 Å². The maximum atomic E-state index is 12.9. The van der Waals surface area contributed by atoms with Crippen molar-refractivity contribution in [2.45, 2.75) is 19.3 Å². The molecule has 1 amide bonds. The monoisotopic (exact) mass is 386 g/mol. The van der Waals surface area contributed by atoms with E-state index in [4.69, 9.17) is 4.74 Å². The minimum Gasteiger partial charge on any atom is -0.497 e. The molecule has 2 rings (SSSR count). The Labute approximate surface area is 165 Å². The Balaban J connectivity index is 1.71. The molecule has 0 aromatic heterocycles. The predicted molar refractivity (Wildman–Crippen MR) is 110 cm³/mol. The van der Waals surface area contributed by atoms with E-state index < -0.39 is 0 Å². The summed E-state index contributed by atoms with van der Waals surface area (Å²) < 4.78 is 18.1. The molecular formula is C21H27FN4O2. The maximum Gasteiger partial charge on any atom is 0.243 e. The number of carbonyl (C=O) groups excluding carboxylic acids is 1. The number of hydrogen-bond acceptors (Lipinski definition) is 3. The number of nitrogens with zero attached hydrogens (tertiary/aromatic N) is 1. The van der Waals surface area contributed by atoms with Crippen LogP contribution in [0, 0.1) is 5.82 Å². The molecule has 2 aromatic rings. The molecule has 0 saturated carbocycles. The lowest BCUT2D eigenvalue weighted by Gasteiger charge is -2.15. The standard InChI is InChI=1S/C21H27FN4O2/c1-15(16-4-10-19(28-3)11-5-16)12-13-24-21(23-2)25-14-20(27)26-18-8-6-17(22)7-9-18/h4-11,15H,12-14H2,1-3H3,(H,26,27)(H2,23,24,25). The number of ether oxygens (including phenoxy) is 1. The van der Waals surface area contributed by atoms with Crippen molar-refractivity contribution < 1.29 is 13.9 Å². The molecule has 0 aliphatic heterocycles. The lowest BCUT2D eigenvalue weighted by atomic mass is 9.98. The van der Waals surface area contributed by atoms with Gasteiger partial charge in [0, 0.05) is 19.3 Å². The number of methoxy groups -OCH3 is 1. The van der Waals surface area contributed by atoms with Crippen LogP contribution < -0.4 is 20.7 Å².